The van der Waals surface area contributed by atoms with E-state index in [1.165, 1.54) is 18.3 Å². The van der Waals surface area contributed by atoms with Crippen LogP contribution in [0.25, 0.3) is 0 Å². The molecular weight excluding hydrogens is 378 g/mol. The summed E-state index contributed by atoms with van der Waals surface area (Å²) in [5, 5.41) is 2.76. The van der Waals surface area contributed by atoms with Crippen LogP contribution in [0.4, 0.5) is 8.78 Å². The number of hydrogen-bond acceptors (Lipinski definition) is 6. The first-order chi connectivity index (χ1) is 13.9. The van der Waals surface area contributed by atoms with Crippen molar-refractivity contribution in [3.8, 4) is 5.75 Å². The third-order valence-corrected chi connectivity index (χ3v) is 5.21. The minimum absolute atomic E-state index is 0.151. The number of likely N-dealkylation sites (tertiary alicyclic amines) is 1. The number of hydrogen-bond donors (Lipinski definition) is 1. The quantitative estimate of drug-likeness (QED) is 0.506. The number of allylic oxidation sites excluding steroid dienone is 2. The van der Waals surface area contributed by atoms with Gasteiger partial charge in [-0.05, 0) is 55.3 Å². The third kappa shape index (κ3) is 5.92. The van der Waals surface area contributed by atoms with Gasteiger partial charge in [0.15, 0.2) is 5.70 Å². The van der Waals surface area contributed by atoms with Gasteiger partial charge in [0.05, 0.1) is 18.5 Å². The lowest BCUT2D eigenvalue weighted by molar-refractivity contribution is 0.247. The van der Waals surface area contributed by atoms with Crippen LogP contribution in [-0.2, 0) is 0 Å². The molecule has 2 heterocycles. The number of nitrogens with zero attached hydrogens (tertiary/aromatic N) is 3. The minimum Gasteiger partial charge on any atom is -0.493 e. The summed E-state index contributed by atoms with van der Waals surface area (Å²) in [5.74, 6) is -0.904. The second-order valence-electron chi connectivity index (χ2n) is 7.72. The Hall–Kier alpha value is -2.63. The molecule has 8 heteroatoms. The maximum Gasteiger partial charge on any atom is 0.176 e. The normalized spacial score (nSPS) is 23.8. The zero-order valence-electron chi connectivity index (χ0n) is 16.3. The topological polar surface area (TPSA) is 80.3 Å². The van der Waals surface area contributed by atoms with Crippen LogP contribution in [0.15, 0.2) is 51.2 Å². The molecule has 154 valence electrons. The van der Waals surface area contributed by atoms with Crippen LogP contribution in [0.2, 0.25) is 0 Å². The molecule has 29 heavy (non-hydrogen) atoms. The predicted octanol–water partition coefficient (Wildman–Crippen LogP) is 3.54. The number of halogens is 2. The second-order valence-corrected chi connectivity index (χ2v) is 7.72. The molecule has 0 aromatic heterocycles. The molecule has 2 aliphatic heterocycles. The van der Waals surface area contributed by atoms with Gasteiger partial charge in [0.25, 0.3) is 0 Å². The molecule has 0 bridgehead atoms. The summed E-state index contributed by atoms with van der Waals surface area (Å²) in [6, 6.07) is 3.16. The van der Waals surface area contributed by atoms with Crippen molar-refractivity contribution in [2.45, 2.75) is 31.7 Å². The number of aliphatic imine (C=N–C) groups is 1. The lowest BCUT2D eigenvalue weighted by Gasteiger charge is -2.25. The first kappa shape index (κ1) is 21.1. The second kappa shape index (κ2) is 9.25. The third-order valence-electron chi connectivity index (χ3n) is 5.21. The Morgan fingerprint density at radius 2 is 2.10 bits per heavy atom. The zero-order chi connectivity index (χ0) is 20.9. The van der Waals surface area contributed by atoms with Crippen LogP contribution in [0, 0.1) is 22.5 Å². The van der Waals surface area contributed by atoms with Crippen LogP contribution in [0.1, 0.15) is 26.2 Å². The Balaban J connectivity index is 1.45. The first-order valence-electron chi connectivity index (χ1n) is 9.58. The standard InChI is InChI=1S/C21H24F2N4O2/c1-21(24)14-27(7-2-3-18-4-5-19(26-28)12-25-18)13-15(21)6-8-29-20-10-16(22)9-17(23)11-20/h9-12,15H,2-3,6-8,13-14,24H2,1H3/t15-,21-/m0/s1. The van der Waals surface area contributed by atoms with Crippen molar-refractivity contribution in [1.82, 2.24) is 4.90 Å². The molecule has 6 nitrogen and oxygen atoms in total. The maximum atomic E-state index is 13.2. The van der Waals surface area contributed by atoms with Gasteiger partial charge in [-0.2, -0.15) is 0 Å². The maximum absolute atomic E-state index is 13.2. The Morgan fingerprint density at radius 1 is 1.34 bits per heavy atom. The van der Waals surface area contributed by atoms with E-state index in [0.717, 1.165) is 44.2 Å². The van der Waals surface area contributed by atoms with E-state index in [-0.39, 0.29) is 22.9 Å². The van der Waals surface area contributed by atoms with E-state index in [1.54, 1.807) is 0 Å². The molecule has 2 atom stereocenters. The summed E-state index contributed by atoms with van der Waals surface area (Å²) in [4.78, 5) is 16.8. The number of benzene rings is 1. The predicted molar refractivity (Wildman–Crippen MR) is 107 cm³/mol. The Labute approximate surface area is 168 Å². The SMILES string of the molecule is C[C@]1(N)CN(CCCC2=C=C=C(N=O)C=N2)C[C@@H]1CCOc1cc(F)cc(F)c1. The largest absolute Gasteiger partial charge is 0.493 e. The summed E-state index contributed by atoms with van der Waals surface area (Å²) in [5.41, 5.74) is 12.5. The number of nitroso groups, excluding NO2 is 1. The Morgan fingerprint density at radius 3 is 2.76 bits per heavy atom. The van der Waals surface area contributed by atoms with Gasteiger partial charge in [-0.25, -0.2) is 13.8 Å². The molecule has 2 N–H and O–H groups in total. The molecule has 0 radical (unpaired) electrons. The summed E-state index contributed by atoms with van der Waals surface area (Å²) >= 11 is 0. The lowest BCUT2D eigenvalue weighted by atomic mass is 9.88. The fourth-order valence-corrected chi connectivity index (χ4v) is 3.70. The average molecular weight is 402 g/mol. The zero-order valence-corrected chi connectivity index (χ0v) is 16.3. The van der Waals surface area contributed by atoms with Gasteiger partial charge in [0.2, 0.25) is 0 Å². The molecule has 0 spiro atoms. The molecule has 1 fully saturated rings. The van der Waals surface area contributed by atoms with Crippen molar-refractivity contribution in [2.75, 3.05) is 26.2 Å². The van der Waals surface area contributed by atoms with Gasteiger partial charge in [0, 0.05) is 36.8 Å². The van der Waals surface area contributed by atoms with Crippen molar-refractivity contribution in [1.29, 1.82) is 0 Å². The molecule has 1 aromatic carbocycles. The van der Waals surface area contributed by atoms with Gasteiger partial charge in [0.1, 0.15) is 17.4 Å². The van der Waals surface area contributed by atoms with Gasteiger partial charge < -0.3 is 15.4 Å². The van der Waals surface area contributed by atoms with Crippen LogP contribution in [0.3, 0.4) is 0 Å². The van der Waals surface area contributed by atoms with Gasteiger partial charge in [-0.15, -0.1) is 4.91 Å². The summed E-state index contributed by atoms with van der Waals surface area (Å²) in [7, 11) is 0. The fraction of sp³-hybridized carbons (Fsp3) is 0.476. The molecule has 0 saturated carbocycles. The molecule has 1 saturated heterocycles. The number of nitrogens with two attached hydrogens (primary N) is 1. The van der Waals surface area contributed by atoms with E-state index >= 15 is 0 Å². The fourth-order valence-electron chi connectivity index (χ4n) is 3.70. The van der Waals surface area contributed by atoms with Crippen LogP contribution in [0.5, 0.6) is 5.75 Å². The number of ether oxygens (including phenoxy) is 1. The molecule has 2 aliphatic rings. The summed E-state index contributed by atoms with van der Waals surface area (Å²) in [6.45, 7) is 4.84. The van der Waals surface area contributed by atoms with Crippen LogP contribution >= 0.6 is 0 Å². The van der Waals surface area contributed by atoms with Gasteiger partial charge >= 0.3 is 0 Å². The monoisotopic (exact) mass is 402 g/mol. The van der Waals surface area contributed by atoms with Crippen molar-refractivity contribution < 1.29 is 13.5 Å². The van der Waals surface area contributed by atoms with Crippen molar-refractivity contribution in [2.24, 2.45) is 21.8 Å². The first-order valence-corrected chi connectivity index (χ1v) is 9.58. The van der Waals surface area contributed by atoms with Crippen LogP contribution in [-0.4, -0.2) is 42.9 Å². The molecular formula is C21H24F2N4O2. The smallest absolute Gasteiger partial charge is 0.176 e. The highest BCUT2D eigenvalue weighted by atomic mass is 19.1. The van der Waals surface area contributed by atoms with Gasteiger partial charge in [-0.3, -0.25) is 0 Å². The van der Waals surface area contributed by atoms with Crippen molar-refractivity contribution in [3.63, 3.8) is 0 Å². The van der Waals surface area contributed by atoms with E-state index in [2.05, 4.69) is 26.5 Å². The van der Waals surface area contributed by atoms with E-state index in [9.17, 15) is 13.7 Å². The van der Waals surface area contributed by atoms with E-state index in [1.807, 2.05) is 6.92 Å². The summed E-state index contributed by atoms with van der Waals surface area (Å²) in [6.07, 6.45) is 3.71. The lowest BCUT2D eigenvalue weighted by Crippen LogP contribution is -2.45. The molecule has 0 aliphatic carbocycles. The molecule has 1 aromatic rings. The van der Waals surface area contributed by atoms with E-state index in [0.29, 0.717) is 13.0 Å². The number of rotatable bonds is 9. The van der Waals surface area contributed by atoms with Crippen molar-refractivity contribution in [3.05, 3.63) is 57.6 Å². The van der Waals surface area contributed by atoms with Crippen molar-refractivity contribution >= 4 is 6.21 Å². The highest BCUT2D eigenvalue weighted by Gasteiger charge is 2.39. The molecule has 0 unspecified atom stereocenters. The molecule has 3 rings (SSSR count). The summed E-state index contributed by atoms with van der Waals surface area (Å²) < 4.78 is 32.0. The Kier molecular flexibility index (Phi) is 6.72. The molecule has 0 amide bonds. The van der Waals surface area contributed by atoms with E-state index in [4.69, 9.17) is 10.5 Å². The average Bonchev–Trinajstić information content (AvgIpc) is 2.95. The van der Waals surface area contributed by atoms with Crippen LogP contribution < -0.4 is 10.5 Å². The van der Waals surface area contributed by atoms with E-state index < -0.39 is 11.6 Å². The highest BCUT2D eigenvalue weighted by Crippen LogP contribution is 2.29. The minimum atomic E-state index is -0.655. The van der Waals surface area contributed by atoms with Gasteiger partial charge in [-0.1, -0.05) is 0 Å². The highest BCUT2D eigenvalue weighted by molar-refractivity contribution is 5.79. The Bertz CT molecular complexity index is 880.